The second-order valence-electron chi connectivity index (χ2n) is 10.6. The first-order chi connectivity index (χ1) is 16.9. The third kappa shape index (κ3) is 6.58. The number of rotatable bonds is 9. The van der Waals surface area contributed by atoms with E-state index >= 15 is 0 Å². The molecule has 1 saturated heterocycles. The molecule has 3 unspecified atom stereocenters. The van der Waals surface area contributed by atoms with Crippen molar-refractivity contribution in [3.8, 4) is 0 Å². The predicted octanol–water partition coefficient (Wildman–Crippen LogP) is 2.82. The van der Waals surface area contributed by atoms with E-state index in [0.29, 0.717) is 50.5 Å². The molecule has 1 aromatic rings. The van der Waals surface area contributed by atoms with E-state index in [9.17, 15) is 19.7 Å². The number of piperidine rings is 1. The molecule has 1 aromatic carbocycles. The molecule has 2 aliphatic carbocycles. The zero-order chi connectivity index (χ0) is 24.9. The molecule has 0 bridgehead atoms. The Morgan fingerprint density at radius 3 is 2.43 bits per heavy atom. The highest BCUT2D eigenvalue weighted by atomic mass is 16.6. The molecule has 2 amide bonds. The molecule has 0 spiro atoms. The van der Waals surface area contributed by atoms with Crippen LogP contribution in [0.25, 0.3) is 0 Å². The van der Waals surface area contributed by atoms with Gasteiger partial charge in [-0.25, -0.2) is 0 Å². The van der Waals surface area contributed by atoms with Gasteiger partial charge >= 0.3 is 0 Å². The molecule has 4 rings (SSSR count). The first-order valence-electron chi connectivity index (χ1n) is 13.1. The number of nitro benzene ring substituents is 1. The van der Waals surface area contributed by atoms with Crippen molar-refractivity contribution in [2.45, 2.75) is 83.0 Å². The summed E-state index contributed by atoms with van der Waals surface area (Å²) >= 11 is 0. The third-order valence-electron chi connectivity index (χ3n) is 8.07. The maximum absolute atomic E-state index is 13.3. The zero-order valence-electron chi connectivity index (χ0n) is 20.7. The van der Waals surface area contributed by atoms with Gasteiger partial charge in [0.05, 0.1) is 4.92 Å². The van der Waals surface area contributed by atoms with E-state index in [0.717, 1.165) is 44.1 Å². The van der Waals surface area contributed by atoms with Crippen molar-refractivity contribution < 1.29 is 14.5 Å². The maximum atomic E-state index is 13.3. The summed E-state index contributed by atoms with van der Waals surface area (Å²) in [5, 5.41) is 14.2. The summed E-state index contributed by atoms with van der Waals surface area (Å²) in [5.41, 5.74) is 7.00. The Morgan fingerprint density at radius 2 is 1.80 bits per heavy atom. The van der Waals surface area contributed by atoms with Crippen LogP contribution in [0, 0.1) is 22.0 Å². The molecule has 3 aliphatic rings. The second-order valence-corrected chi connectivity index (χ2v) is 10.6. The van der Waals surface area contributed by atoms with Gasteiger partial charge in [-0.1, -0.05) is 18.6 Å². The van der Waals surface area contributed by atoms with E-state index < -0.39 is 6.04 Å². The summed E-state index contributed by atoms with van der Waals surface area (Å²) in [5.74, 6) is 0.894. The minimum absolute atomic E-state index is 0.0501. The lowest BCUT2D eigenvalue weighted by Gasteiger charge is -2.43. The Bertz CT molecular complexity index is 904. The third-order valence-corrected chi connectivity index (χ3v) is 8.07. The van der Waals surface area contributed by atoms with Crippen LogP contribution in [0.5, 0.6) is 0 Å². The van der Waals surface area contributed by atoms with E-state index in [2.05, 4.69) is 10.2 Å². The highest BCUT2D eigenvalue weighted by Gasteiger charge is 2.41. The number of nitro groups is 1. The van der Waals surface area contributed by atoms with Crippen LogP contribution in [0.3, 0.4) is 0 Å². The van der Waals surface area contributed by atoms with Crippen molar-refractivity contribution in [3.63, 3.8) is 0 Å². The molecule has 0 aromatic heterocycles. The van der Waals surface area contributed by atoms with Crippen LogP contribution in [-0.2, 0) is 16.1 Å². The average Bonchev–Trinajstić information content (AvgIpc) is 3.71. The number of amides is 2. The van der Waals surface area contributed by atoms with Crippen molar-refractivity contribution >= 4 is 17.5 Å². The Kier molecular flexibility index (Phi) is 8.38. The molecule has 192 valence electrons. The number of nitrogens with two attached hydrogens (primary N) is 1. The molecule has 0 radical (unpaired) electrons. The van der Waals surface area contributed by atoms with Crippen LogP contribution in [0.1, 0.15) is 63.9 Å². The fourth-order valence-electron chi connectivity index (χ4n) is 5.93. The van der Waals surface area contributed by atoms with E-state index in [1.807, 2.05) is 12.1 Å². The standard InChI is InChI=1S/C26H39N5O4/c1-18(32)29-12-11-24(14-25(29)26(33)28-16-21-4-2-3-20(13-21)15-27)30(22-9-10-22)17-19-5-7-23(8-6-19)31(34)35/h5-8,20-22,24-25H,2-4,9-17,27H2,1H3,(H,28,33)/t20?,21?,24?,25-/m1/s1. The summed E-state index contributed by atoms with van der Waals surface area (Å²) in [6, 6.07) is 6.95. The lowest BCUT2D eigenvalue weighted by molar-refractivity contribution is -0.384. The fraction of sp³-hybridized carbons (Fsp3) is 0.692. The quantitative estimate of drug-likeness (QED) is 0.410. The van der Waals surface area contributed by atoms with E-state index in [1.165, 1.54) is 6.42 Å². The van der Waals surface area contributed by atoms with Gasteiger partial charge < -0.3 is 16.0 Å². The number of hydrogen-bond acceptors (Lipinski definition) is 6. The van der Waals surface area contributed by atoms with Gasteiger partial charge in [-0.05, 0) is 68.9 Å². The fourth-order valence-corrected chi connectivity index (χ4v) is 5.93. The first kappa shape index (κ1) is 25.6. The van der Waals surface area contributed by atoms with Crippen LogP contribution >= 0.6 is 0 Å². The SMILES string of the molecule is CC(=O)N1CCC(N(Cc2ccc([N+](=O)[O-])cc2)C2CC2)C[C@@H]1C(=O)NCC1CCCC(CN)C1. The monoisotopic (exact) mass is 485 g/mol. The van der Waals surface area contributed by atoms with Gasteiger partial charge in [-0.15, -0.1) is 0 Å². The van der Waals surface area contributed by atoms with Gasteiger partial charge in [0.2, 0.25) is 11.8 Å². The Labute approximate surface area is 207 Å². The molecule has 9 nitrogen and oxygen atoms in total. The zero-order valence-corrected chi connectivity index (χ0v) is 20.7. The number of nitrogens with zero attached hydrogens (tertiary/aromatic N) is 3. The number of nitrogens with one attached hydrogen (secondary N) is 1. The number of carbonyl (C=O) groups excluding carboxylic acids is 2. The van der Waals surface area contributed by atoms with Crippen LogP contribution in [0.15, 0.2) is 24.3 Å². The van der Waals surface area contributed by atoms with Crippen molar-refractivity contribution in [1.82, 2.24) is 15.1 Å². The molecular weight excluding hydrogens is 446 g/mol. The number of hydrogen-bond donors (Lipinski definition) is 2. The second kappa shape index (κ2) is 11.5. The highest BCUT2D eigenvalue weighted by Crippen LogP contribution is 2.35. The summed E-state index contributed by atoms with van der Waals surface area (Å²) < 4.78 is 0. The Balaban J connectivity index is 1.40. The van der Waals surface area contributed by atoms with Crippen molar-refractivity contribution in [2.75, 3.05) is 19.6 Å². The van der Waals surface area contributed by atoms with Gasteiger partial charge in [0, 0.05) is 50.8 Å². The van der Waals surface area contributed by atoms with E-state index in [-0.39, 0.29) is 28.5 Å². The normalized spacial score (nSPS) is 27.0. The van der Waals surface area contributed by atoms with Crippen LogP contribution in [0.4, 0.5) is 5.69 Å². The molecule has 2 saturated carbocycles. The molecule has 3 N–H and O–H groups in total. The van der Waals surface area contributed by atoms with Gasteiger partial charge in [-0.3, -0.25) is 24.6 Å². The molecular formula is C26H39N5O4. The van der Waals surface area contributed by atoms with Gasteiger partial charge in [0.15, 0.2) is 0 Å². The minimum Gasteiger partial charge on any atom is -0.354 e. The number of carbonyl (C=O) groups is 2. The minimum atomic E-state index is -0.460. The van der Waals surface area contributed by atoms with Gasteiger partial charge in [0.1, 0.15) is 6.04 Å². The van der Waals surface area contributed by atoms with E-state index in [1.54, 1.807) is 24.0 Å². The average molecular weight is 486 g/mol. The molecule has 35 heavy (non-hydrogen) atoms. The lowest BCUT2D eigenvalue weighted by Crippen LogP contribution is -2.57. The molecule has 9 heteroatoms. The lowest BCUT2D eigenvalue weighted by atomic mass is 9.81. The summed E-state index contributed by atoms with van der Waals surface area (Å²) in [7, 11) is 0. The topological polar surface area (TPSA) is 122 Å². The number of likely N-dealkylation sites (tertiary alicyclic amines) is 1. The predicted molar refractivity (Wildman–Crippen MR) is 133 cm³/mol. The summed E-state index contributed by atoms with van der Waals surface area (Å²) in [6.45, 7) is 4.17. The molecule has 4 atom stereocenters. The van der Waals surface area contributed by atoms with Crippen molar-refractivity contribution in [1.29, 1.82) is 0 Å². The Hall–Kier alpha value is -2.52. The Morgan fingerprint density at radius 1 is 1.09 bits per heavy atom. The smallest absolute Gasteiger partial charge is 0.269 e. The number of non-ortho nitro benzene ring substituents is 1. The summed E-state index contributed by atoms with van der Waals surface area (Å²) in [4.78, 5) is 40.5. The van der Waals surface area contributed by atoms with Crippen molar-refractivity contribution in [3.05, 3.63) is 39.9 Å². The van der Waals surface area contributed by atoms with Crippen LogP contribution in [0.2, 0.25) is 0 Å². The molecule has 3 fully saturated rings. The molecule has 1 aliphatic heterocycles. The summed E-state index contributed by atoms with van der Waals surface area (Å²) in [6.07, 6.45) is 8.21. The van der Waals surface area contributed by atoms with Gasteiger partial charge in [0.25, 0.3) is 5.69 Å². The van der Waals surface area contributed by atoms with Crippen molar-refractivity contribution in [2.24, 2.45) is 17.6 Å². The van der Waals surface area contributed by atoms with Crippen LogP contribution in [-0.4, -0.2) is 64.3 Å². The van der Waals surface area contributed by atoms with Crippen LogP contribution < -0.4 is 11.1 Å². The maximum Gasteiger partial charge on any atom is 0.269 e. The number of benzene rings is 1. The first-order valence-corrected chi connectivity index (χ1v) is 13.1. The largest absolute Gasteiger partial charge is 0.354 e. The molecule has 1 heterocycles. The highest BCUT2D eigenvalue weighted by molar-refractivity contribution is 5.87. The van der Waals surface area contributed by atoms with Gasteiger partial charge in [-0.2, -0.15) is 0 Å². The van der Waals surface area contributed by atoms with E-state index in [4.69, 9.17) is 5.73 Å².